The lowest BCUT2D eigenvalue weighted by Crippen LogP contribution is -2.36. The molecule has 0 aromatic carbocycles. The van der Waals surface area contributed by atoms with Gasteiger partial charge >= 0.3 is 0 Å². The van der Waals surface area contributed by atoms with Gasteiger partial charge in [0.25, 0.3) is 0 Å². The van der Waals surface area contributed by atoms with Gasteiger partial charge < -0.3 is 0 Å². The molecule has 4 heterocycles. The summed E-state index contributed by atoms with van der Waals surface area (Å²) in [6.07, 6.45) is 10.0. The van der Waals surface area contributed by atoms with Crippen molar-refractivity contribution in [1.82, 2.24) is 19.7 Å². The molecule has 0 saturated carbocycles. The summed E-state index contributed by atoms with van der Waals surface area (Å²) in [6, 6.07) is 4.60. The van der Waals surface area contributed by atoms with E-state index in [9.17, 15) is 0 Å². The standard InChI is InChI=1S/C19H24N4S/c1-3-15-5-4-9-22(12-15)14(2)17-11-21-23(13-17)19-18-16(6-8-20-19)7-10-24-18/h6-8,10-11,13-15H,3-5,9,12H2,1-2H3. The van der Waals surface area contributed by atoms with Gasteiger partial charge in [0.2, 0.25) is 0 Å². The summed E-state index contributed by atoms with van der Waals surface area (Å²) in [6.45, 7) is 7.02. The Morgan fingerprint density at radius 3 is 3.17 bits per heavy atom. The zero-order valence-corrected chi connectivity index (χ0v) is 15.2. The van der Waals surface area contributed by atoms with Gasteiger partial charge in [-0.1, -0.05) is 13.3 Å². The smallest absolute Gasteiger partial charge is 0.171 e. The summed E-state index contributed by atoms with van der Waals surface area (Å²) < 4.78 is 3.13. The summed E-state index contributed by atoms with van der Waals surface area (Å²) in [5, 5.41) is 7.95. The molecule has 1 fully saturated rings. The van der Waals surface area contributed by atoms with Crippen LogP contribution in [0.25, 0.3) is 15.9 Å². The molecule has 4 nitrogen and oxygen atoms in total. The van der Waals surface area contributed by atoms with E-state index in [1.54, 1.807) is 11.3 Å². The molecule has 1 aliphatic heterocycles. The summed E-state index contributed by atoms with van der Waals surface area (Å²) in [7, 11) is 0. The summed E-state index contributed by atoms with van der Waals surface area (Å²) in [4.78, 5) is 7.17. The maximum atomic E-state index is 4.61. The topological polar surface area (TPSA) is 34.0 Å². The summed E-state index contributed by atoms with van der Waals surface area (Å²) >= 11 is 1.72. The number of likely N-dealkylation sites (tertiary alicyclic amines) is 1. The molecule has 0 aliphatic carbocycles. The second-order valence-electron chi connectivity index (χ2n) is 6.78. The Labute approximate surface area is 147 Å². The Hall–Kier alpha value is -1.72. The number of thiophene rings is 1. The van der Waals surface area contributed by atoms with E-state index in [2.05, 4.69) is 52.5 Å². The number of fused-ring (bicyclic) bond motifs is 1. The van der Waals surface area contributed by atoms with E-state index in [4.69, 9.17) is 0 Å². The monoisotopic (exact) mass is 340 g/mol. The van der Waals surface area contributed by atoms with E-state index in [-0.39, 0.29) is 0 Å². The van der Waals surface area contributed by atoms with E-state index in [1.165, 1.54) is 48.0 Å². The number of piperidine rings is 1. The maximum absolute atomic E-state index is 4.61. The average Bonchev–Trinajstić information content (AvgIpc) is 3.30. The highest BCUT2D eigenvalue weighted by atomic mass is 32.1. The van der Waals surface area contributed by atoms with Crippen LogP contribution in [0.2, 0.25) is 0 Å². The van der Waals surface area contributed by atoms with Crippen molar-refractivity contribution < 1.29 is 0 Å². The molecule has 3 aromatic heterocycles. The van der Waals surface area contributed by atoms with Crippen molar-refractivity contribution in [1.29, 1.82) is 0 Å². The fraction of sp³-hybridized carbons (Fsp3) is 0.474. The molecule has 126 valence electrons. The van der Waals surface area contributed by atoms with Crippen LogP contribution in [0.5, 0.6) is 0 Å². The van der Waals surface area contributed by atoms with Crippen LogP contribution in [0.4, 0.5) is 0 Å². The van der Waals surface area contributed by atoms with Gasteiger partial charge in [-0.15, -0.1) is 11.3 Å². The van der Waals surface area contributed by atoms with Crippen LogP contribution < -0.4 is 0 Å². The van der Waals surface area contributed by atoms with E-state index < -0.39 is 0 Å². The first kappa shape index (κ1) is 15.8. The van der Waals surface area contributed by atoms with Crippen LogP contribution in [0.3, 0.4) is 0 Å². The average molecular weight is 340 g/mol. The molecule has 2 unspecified atom stereocenters. The molecule has 0 N–H and O–H groups in total. The van der Waals surface area contributed by atoms with Crippen LogP contribution >= 0.6 is 11.3 Å². The van der Waals surface area contributed by atoms with Gasteiger partial charge in [-0.3, -0.25) is 4.90 Å². The maximum Gasteiger partial charge on any atom is 0.171 e. The molecule has 0 bridgehead atoms. The van der Waals surface area contributed by atoms with Gasteiger partial charge in [-0.2, -0.15) is 5.10 Å². The Bertz CT molecular complexity index is 822. The zero-order chi connectivity index (χ0) is 16.5. The molecular weight excluding hydrogens is 316 g/mol. The van der Waals surface area contributed by atoms with Crippen molar-refractivity contribution >= 4 is 21.4 Å². The second-order valence-corrected chi connectivity index (χ2v) is 7.70. The van der Waals surface area contributed by atoms with E-state index in [0.717, 1.165) is 11.7 Å². The third-order valence-corrected chi connectivity index (χ3v) is 6.25. The molecular formula is C19H24N4S. The van der Waals surface area contributed by atoms with Crippen molar-refractivity contribution in [2.45, 2.75) is 39.2 Å². The van der Waals surface area contributed by atoms with Gasteiger partial charge in [-0.05, 0) is 55.1 Å². The first-order valence-electron chi connectivity index (χ1n) is 8.87. The van der Waals surface area contributed by atoms with Gasteiger partial charge in [0, 0.05) is 30.5 Å². The second kappa shape index (κ2) is 6.65. The molecule has 3 aromatic rings. The number of hydrogen-bond acceptors (Lipinski definition) is 4. The molecule has 0 amide bonds. The Kier molecular flexibility index (Phi) is 4.37. The molecule has 0 spiro atoms. The number of aromatic nitrogens is 3. The fourth-order valence-electron chi connectivity index (χ4n) is 3.70. The van der Waals surface area contributed by atoms with Gasteiger partial charge in [0.05, 0.1) is 10.9 Å². The van der Waals surface area contributed by atoms with E-state index >= 15 is 0 Å². The Morgan fingerprint density at radius 1 is 1.38 bits per heavy atom. The van der Waals surface area contributed by atoms with Crippen LogP contribution in [0.1, 0.15) is 44.7 Å². The van der Waals surface area contributed by atoms with Crippen LogP contribution in [0, 0.1) is 5.92 Å². The predicted molar refractivity (Wildman–Crippen MR) is 99.7 cm³/mol. The molecule has 2 atom stereocenters. The van der Waals surface area contributed by atoms with Gasteiger partial charge in [0.15, 0.2) is 5.82 Å². The first-order valence-corrected chi connectivity index (χ1v) is 9.75. The van der Waals surface area contributed by atoms with Crippen LogP contribution in [0.15, 0.2) is 36.1 Å². The van der Waals surface area contributed by atoms with Crippen molar-refractivity contribution in [2.75, 3.05) is 13.1 Å². The van der Waals surface area contributed by atoms with Crippen LogP contribution in [-0.2, 0) is 0 Å². The lowest BCUT2D eigenvalue weighted by atomic mass is 9.94. The van der Waals surface area contributed by atoms with Gasteiger partial charge in [0.1, 0.15) is 0 Å². The predicted octanol–water partition coefficient (Wildman–Crippen LogP) is 4.67. The minimum atomic E-state index is 0.413. The quantitative estimate of drug-likeness (QED) is 0.692. The van der Waals surface area contributed by atoms with Crippen molar-refractivity contribution in [3.05, 3.63) is 41.7 Å². The largest absolute Gasteiger partial charge is 0.296 e. The number of pyridine rings is 1. The molecule has 1 aliphatic rings. The molecule has 5 heteroatoms. The summed E-state index contributed by atoms with van der Waals surface area (Å²) in [5.41, 5.74) is 1.28. The van der Waals surface area contributed by atoms with Crippen LogP contribution in [-0.4, -0.2) is 32.8 Å². The Morgan fingerprint density at radius 2 is 2.29 bits per heavy atom. The summed E-state index contributed by atoms with van der Waals surface area (Å²) in [5.74, 6) is 1.78. The Balaban J connectivity index is 1.59. The van der Waals surface area contributed by atoms with Crippen molar-refractivity contribution in [3.8, 4) is 5.82 Å². The number of hydrogen-bond donors (Lipinski definition) is 0. The van der Waals surface area contributed by atoms with Crippen molar-refractivity contribution in [2.24, 2.45) is 5.92 Å². The minimum absolute atomic E-state index is 0.413. The highest BCUT2D eigenvalue weighted by molar-refractivity contribution is 7.17. The molecule has 4 rings (SSSR count). The third-order valence-electron chi connectivity index (χ3n) is 5.33. The normalized spacial score (nSPS) is 20.5. The van der Waals surface area contributed by atoms with E-state index in [0.29, 0.717) is 6.04 Å². The highest BCUT2D eigenvalue weighted by Crippen LogP contribution is 2.29. The first-order chi connectivity index (χ1) is 11.8. The third kappa shape index (κ3) is 2.87. The zero-order valence-electron chi connectivity index (χ0n) is 14.4. The highest BCUT2D eigenvalue weighted by Gasteiger charge is 2.24. The van der Waals surface area contributed by atoms with Crippen molar-refractivity contribution in [3.63, 3.8) is 0 Å². The number of rotatable bonds is 4. The van der Waals surface area contributed by atoms with Gasteiger partial charge in [-0.25, -0.2) is 9.67 Å². The lowest BCUT2D eigenvalue weighted by Gasteiger charge is -2.36. The molecule has 1 saturated heterocycles. The van der Waals surface area contributed by atoms with E-state index in [1.807, 2.05) is 17.1 Å². The molecule has 0 radical (unpaired) electrons. The number of nitrogens with zero attached hydrogens (tertiary/aromatic N) is 4. The SMILES string of the molecule is CCC1CCCN(C(C)c2cnn(-c3nccc4ccsc34)c2)C1. The fourth-order valence-corrected chi connectivity index (χ4v) is 4.58. The molecule has 24 heavy (non-hydrogen) atoms. The minimum Gasteiger partial charge on any atom is -0.296 e. The lowest BCUT2D eigenvalue weighted by molar-refractivity contribution is 0.129.